The van der Waals surface area contributed by atoms with Crippen molar-refractivity contribution in [2.75, 3.05) is 4.90 Å². The molecule has 1 fully saturated rings. The van der Waals surface area contributed by atoms with Crippen LogP contribution in [-0.2, 0) is 11.3 Å². The lowest BCUT2D eigenvalue weighted by Crippen LogP contribution is -2.33. The summed E-state index contributed by atoms with van der Waals surface area (Å²) in [5.41, 5.74) is 0.690. The van der Waals surface area contributed by atoms with Gasteiger partial charge >= 0.3 is 6.03 Å². The maximum Gasteiger partial charge on any atom is 0.332 e. The van der Waals surface area contributed by atoms with E-state index >= 15 is 0 Å². The summed E-state index contributed by atoms with van der Waals surface area (Å²) in [6.07, 6.45) is 0. The Labute approximate surface area is 131 Å². The van der Waals surface area contributed by atoms with Crippen molar-refractivity contribution in [1.82, 2.24) is 4.90 Å². The Kier molecular flexibility index (Phi) is 3.82. The van der Waals surface area contributed by atoms with Gasteiger partial charge < -0.3 is 0 Å². The van der Waals surface area contributed by atoms with E-state index in [1.54, 1.807) is 19.1 Å². The molecule has 1 atom stereocenters. The zero-order chi connectivity index (χ0) is 16.6. The molecule has 0 aromatic heterocycles. The molecule has 0 unspecified atom stereocenters. The number of carbonyl (C=O) groups is 2. The summed E-state index contributed by atoms with van der Waals surface area (Å²) in [4.78, 5) is 27.2. The lowest BCUT2D eigenvalue weighted by Gasteiger charge is -2.19. The second kappa shape index (κ2) is 5.79. The van der Waals surface area contributed by atoms with Crippen LogP contribution in [0.25, 0.3) is 0 Å². The molecule has 0 N–H and O–H groups in total. The number of carbonyl (C=O) groups excluding carboxylic acids is 2. The number of hydrogen-bond acceptors (Lipinski definition) is 2. The van der Waals surface area contributed by atoms with E-state index in [2.05, 4.69) is 0 Å². The molecule has 0 spiro atoms. The van der Waals surface area contributed by atoms with E-state index in [0.29, 0.717) is 5.69 Å². The summed E-state index contributed by atoms with van der Waals surface area (Å²) < 4.78 is 26.8. The Morgan fingerprint density at radius 2 is 1.65 bits per heavy atom. The first-order chi connectivity index (χ1) is 11.0. The van der Waals surface area contributed by atoms with Gasteiger partial charge in [-0.15, -0.1) is 0 Å². The predicted molar refractivity (Wildman–Crippen MR) is 80.7 cm³/mol. The van der Waals surface area contributed by atoms with Gasteiger partial charge in [0.2, 0.25) is 0 Å². The number of rotatable bonds is 3. The maximum absolute atomic E-state index is 13.8. The second-order valence-corrected chi connectivity index (χ2v) is 5.32. The first kappa shape index (κ1) is 15.1. The van der Waals surface area contributed by atoms with E-state index in [0.717, 1.165) is 4.90 Å². The third kappa shape index (κ3) is 2.67. The Hall–Kier alpha value is -2.76. The lowest BCUT2D eigenvalue weighted by molar-refractivity contribution is -0.127. The van der Waals surface area contributed by atoms with Gasteiger partial charge in [-0.2, -0.15) is 0 Å². The number of halogens is 2. The van der Waals surface area contributed by atoms with Gasteiger partial charge in [-0.05, 0) is 37.3 Å². The maximum atomic E-state index is 13.8. The van der Waals surface area contributed by atoms with Gasteiger partial charge in [-0.1, -0.05) is 18.2 Å². The molecule has 6 heteroatoms. The van der Waals surface area contributed by atoms with Crippen LogP contribution in [0.1, 0.15) is 12.5 Å². The number of amides is 3. The highest BCUT2D eigenvalue weighted by Crippen LogP contribution is 2.27. The van der Waals surface area contributed by atoms with Crippen molar-refractivity contribution in [3.05, 3.63) is 65.7 Å². The minimum Gasteiger partial charge on any atom is -0.282 e. The third-order valence-corrected chi connectivity index (χ3v) is 3.84. The van der Waals surface area contributed by atoms with Crippen molar-refractivity contribution >= 4 is 17.6 Å². The summed E-state index contributed by atoms with van der Waals surface area (Å²) in [6, 6.07) is 10.0. The average Bonchev–Trinajstić information content (AvgIpc) is 2.74. The Morgan fingerprint density at radius 3 is 2.30 bits per heavy atom. The van der Waals surface area contributed by atoms with Crippen molar-refractivity contribution in [2.24, 2.45) is 0 Å². The first-order valence-electron chi connectivity index (χ1n) is 7.12. The standard InChI is InChI=1S/C17H14F2N2O2/c1-11-16(22)20(10-12-4-2-3-5-15(12)19)17(23)21(11)14-8-6-13(18)7-9-14/h2-9,11H,10H2,1H3/t11-/m1/s1. The molecule has 0 aliphatic carbocycles. The van der Waals surface area contributed by atoms with E-state index in [9.17, 15) is 18.4 Å². The second-order valence-electron chi connectivity index (χ2n) is 5.32. The van der Waals surface area contributed by atoms with Crippen LogP contribution in [0.4, 0.5) is 19.3 Å². The van der Waals surface area contributed by atoms with E-state index < -0.39 is 29.6 Å². The summed E-state index contributed by atoms with van der Waals surface area (Å²) in [6.45, 7) is 1.46. The molecule has 1 aliphatic heterocycles. The number of nitrogens with zero attached hydrogens (tertiary/aromatic N) is 2. The van der Waals surface area contributed by atoms with Crippen LogP contribution in [0.3, 0.4) is 0 Å². The van der Waals surface area contributed by atoms with Gasteiger partial charge in [-0.3, -0.25) is 14.6 Å². The molecule has 2 aromatic carbocycles. The van der Waals surface area contributed by atoms with Gasteiger partial charge in [0.25, 0.3) is 5.91 Å². The topological polar surface area (TPSA) is 40.6 Å². The first-order valence-corrected chi connectivity index (χ1v) is 7.12. The number of anilines is 1. The fourth-order valence-electron chi connectivity index (χ4n) is 2.60. The highest BCUT2D eigenvalue weighted by molar-refractivity contribution is 6.13. The highest BCUT2D eigenvalue weighted by atomic mass is 19.1. The molecule has 1 saturated heterocycles. The Balaban J connectivity index is 1.89. The van der Waals surface area contributed by atoms with E-state index in [-0.39, 0.29) is 12.1 Å². The monoisotopic (exact) mass is 316 g/mol. The van der Waals surface area contributed by atoms with Crippen LogP contribution in [-0.4, -0.2) is 22.9 Å². The summed E-state index contributed by atoms with van der Waals surface area (Å²) >= 11 is 0. The van der Waals surface area contributed by atoms with Crippen molar-refractivity contribution in [3.8, 4) is 0 Å². The van der Waals surface area contributed by atoms with Gasteiger partial charge in [0.1, 0.15) is 17.7 Å². The fraction of sp³-hybridized carbons (Fsp3) is 0.176. The number of benzene rings is 2. The van der Waals surface area contributed by atoms with Crippen LogP contribution in [0.2, 0.25) is 0 Å². The van der Waals surface area contributed by atoms with Crippen molar-refractivity contribution in [2.45, 2.75) is 19.5 Å². The normalized spacial score (nSPS) is 18.0. The molecule has 2 aromatic rings. The van der Waals surface area contributed by atoms with Gasteiger partial charge in [0.15, 0.2) is 0 Å². The van der Waals surface area contributed by atoms with E-state index in [1.165, 1.54) is 41.3 Å². The van der Waals surface area contributed by atoms with Crippen molar-refractivity contribution < 1.29 is 18.4 Å². The largest absolute Gasteiger partial charge is 0.332 e. The minimum absolute atomic E-state index is 0.133. The van der Waals surface area contributed by atoms with Gasteiger partial charge in [0.05, 0.1) is 6.54 Å². The number of imide groups is 1. The molecular formula is C17H14F2N2O2. The molecule has 118 valence electrons. The SMILES string of the molecule is C[C@@H]1C(=O)N(Cc2ccccc2F)C(=O)N1c1ccc(F)cc1. The molecule has 3 amide bonds. The molecule has 0 radical (unpaired) electrons. The summed E-state index contributed by atoms with van der Waals surface area (Å²) in [5, 5.41) is 0. The quantitative estimate of drug-likeness (QED) is 0.815. The molecule has 0 bridgehead atoms. The molecule has 4 nitrogen and oxygen atoms in total. The number of urea groups is 1. The van der Waals surface area contributed by atoms with Crippen LogP contribution in [0.5, 0.6) is 0 Å². The highest BCUT2D eigenvalue weighted by Gasteiger charge is 2.43. The van der Waals surface area contributed by atoms with Crippen LogP contribution >= 0.6 is 0 Å². The predicted octanol–water partition coefficient (Wildman–Crippen LogP) is 3.32. The van der Waals surface area contributed by atoms with Gasteiger partial charge in [0, 0.05) is 11.3 Å². The van der Waals surface area contributed by atoms with E-state index in [1.807, 2.05) is 0 Å². The fourth-order valence-corrected chi connectivity index (χ4v) is 2.60. The molecule has 0 saturated carbocycles. The Morgan fingerprint density at radius 1 is 1.00 bits per heavy atom. The lowest BCUT2D eigenvalue weighted by atomic mass is 10.2. The zero-order valence-electron chi connectivity index (χ0n) is 12.4. The molecule has 23 heavy (non-hydrogen) atoms. The van der Waals surface area contributed by atoms with E-state index in [4.69, 9.17) is 0 Å². The van der Waals surface area contributed by atoms with Crippen molar-refractivity contribution in [3.63, 3.8) is 0 Å². The summed E-state index contributed by atoms with van der Waals surface area (Å²) in [7, 11) is 0. The van der Waals surface area contributed by atoms with Crippen LogP contribution in [0, 0.1) is 11.6 Å². The molecular weight excluding hydrogens is 302 g/mol. The van der Waals surface area contributed by atoms with Crippen LogP contribution < -0.4 is 4.90 Å². The smallest absolute Gasteiger partial charge is 0.282 e. The molecule has 3 rings (SSSR count). The number of hydrogen-bond donors (Lipinski definition) is 0. The average molecular weight is 316 g/mol. The Bertz CT molecular complexity index is 761. The molecule has 1 heterocycles. The third-order valence-electron chi connectivity index (χ3n) is 3.84. The van der Waals surface area contributed by atoms with Crippen molar-refractivity contribution in [1.29, 1.82) is 0 Å². The zero-order valence-corrected chi connectivity index (χ0v) is 12.4. The van der Waals surface area contributed by atoms with Gasteiger partial charge in [-0.25, -0.2) is 13.6 Å². The minimum atomic E-state index is -0.722. The molecule has 1 aliphatic rings. The van der Waals surface area contributed by atoms with Crippen LogP contribution in [0.15, 0.2) is 48.5 Å². The summed E-state index contributed by atoms with van der Waals surface area (Å²) in [5.74, 6) is -1.31.